The third-order valence-electron chi connectivity index (χ3n) is 4.68. The Morgan fingerprint density at radius 2 is 1.74 bits per heavy atom. The normalized spacial score (nSPS) is 12.6. The van der Waals surface area contributed by atoms with Crippen molar-refractivity contribution in [2.75, 3.05) is 26.7 Å². The molecule has 0 saturated carbocycles. The van der Waals surface area contributed by atoms with Gasteiger partial charge in [0.25, 0.3) is 0 Å². The first-order valence-electron chi connectivity index (χ1n) is 10.7. The van der Waals surface area contributed by atoms with Gasteiger partial charge < -0.3 is 9.47 Å². The Morgan fingerprint density at radius 3 is 2.32 bits per heavy atom. The largest absolute Gasteiger partial charge is 0.489 e. The number of rotatable bonds is 12. The predicted molar refractivity (Wildman–Crippen MR) is 128 cm³/mol. The second kappa shape index (κ2) is 12.7. The molecule has 6 heteroatoms. The van der Waals surface area contributed by atoms with Crippen molar-refractivity contribution in [2.24, 2.45) is 0 Å². The Bertz CT molecular complexity index is 774. The third kappa shape index (κ3) is 9.76. The molecule has 2 aromatic carbocycles. The maximum atomic E-state index is 12.1. The molecule has 0 spiro atoms. The van der Waals surface area contributed by atoms with Gasteiger partial charge in [0, 0.05) is 12.1 Å². The fourth-order valence-electron chi connectivity index (χ4n) is 3.12. The van der Waals surface area contributed by atoms with Crippen LogP contribution in [0.2, 0.25) is 0 Å². The molecule has 0 radical (unpaired) electrons. The van der Waals surface area contributed by atoms with Gasteiger partial charge in [0.1, 0.15) is 30.0 Å². The first-order chi connectivity index (χ1) is 14.8. The predicted octanol–water partition coefficient (Wildman–Crippen LogP) is 4.74. The lowest BCUT2D eigenvalue weighted by Crippen LogP contribution is -2.33. The van der Waals surface area contributed by atoms with E-state index >= 15 is 0 Å². The molecule has 0 saturated heterocycles. The van der Waals surface area contributed by atoms with Gasteiger partial charge in [-0.2, -0.15) is 4.18 Å². The van der Waals surface area contributed by atoms with Crippen molar-refractivity contribution < 1.29 is 18.5 Å². The number of thiol groups is 1. The van der Waals surface area contributed by atoms with Gasteiger partial charge in [0.2, 0.25) is 0 Å². The van der Waals surface area contributed by atoms with Crippen LogP contribution < -0.4 is 4.74 Å². The van der Waals surface area contributed by atoms with E-state index in [-0.39, 0.29) is 11.2 Å². The molecule has 2 aromatic rings. The highest BCUT2D eigenvalue weighted by Crippen LogP contribution is 2.23. The van der Waals surface area contributed by atoms with E-state index in [1.165, 1.54) is 5.56 Å². The lowest BCUT2D eigenvalue weighted by molar-refractivity contribution is -0.155. The average molecular weight is 447 g/mol. The van der Waals surface area contributed by atoms with Gasteiger partial charge >= 0.3 is 5.97 Å². The molecular weight excluding hydrogens is 410 g/mol. The molecule has 0 fully saturated rings. The first kappa shape index (κ1) is 25.2. The van der Waals surface area contributed by atoms with Crippen LogP contribution in [0.1, 0.15) is 50.5 Å². The number of benzene rings is 2. The summed E-state index contributed by atoms with van der Waals surface area (Å²) in [5, 5.41) is 0.187. The molecule has 0 bridgehead atoms. The number of hydrogen-bond donors (Lipinski definition) is 0. The summed E-state index contributed by atoms with van der Waals surface area (Å²) in [5.41, 5.74) is 1.88. The molecule has 0 aliphatic heterocycles. The Balaban J connectivity index is 1.92. The summed E-state index contributed by atoms with van der Waals surface area (Å²) in [4.78, 5) is 14.3. The molecule has 0 aromatic heterocycles. The Kier molecular flexibility index (Phi) is 10.4. The summed E-state index contributed by atoms with van der Waals surface area (Å²) in [7, 11) is 1.71. The van der Waals surface area contributed by atoms with Gasteiger partial charge in [0.05, 0.1) is 20.1 Å². The number of esters is 1. The van der Waals surface area contributed by atoms with Crippen molar-refractivity contribution in [1.29, 1.82) is 0 Å². The zero-order valence-electron chi connectivity index (χ0n) is 19.3. The summed E-state index contributed by atoms with van der Waals surface area (Å²) in [5.74, 6) is 0.685. The molecule has 0 aliphatic rings. The molecule has 170 valence electrons. The van der Waals surface area contributed by atoms with Crippen molar-refractivity contribution in [3.05, 3.63) is 65.7 Å². The van der Waals surface area contributed by atoms with E-state index in [1.54, 1.807) is 7.11 Å². The van der Waals surface area contributed by atoms with E-state index in [1.807, 2.05) is 51.1 Å². The van der Waals surface area contributed by atoms with Gasteiger partial charge in [-0.3, -0.25) is 9.69 Å². The summed E-state index contributed by atoms with van der Waals surface area (Å²) in [6.07, 6.45) is 0.383. The topological polar surface area (TPSA) is 48.0 Å². The van der Waals surface area contributed by atoms with Gasteiger partial charge in [-0.25, -0.2) is 0 Å². The van der Waals surface area contributed by atoms with Crippen molar-refractivity contribution in [3.63, 3.8) is 0 Å². The van der Waals surface area contributed by atoms with E-state index in [0.717, 1.165) is 36.4 Å². The molecule has 1 unspecified atom stereocenters. The zero-order chi connectivity index (χ0) is 22.7. The van der Waals surface area contributed by atoms with Crippen molar-refractivity contribution in [3.8, 4) is 5.75 Å². The molecular formula is C25H36NO4S+. The highest BCUT2D eigenvalue weighted by atomic mass is 32.2. The Morgan fingerprint density at radius 1 is 1.06 bits per heavy atom. The van der Waals surface area contributed by atoms with Crippen LogP contribution in [0.5, 0.6) is 5.75 Å². The molecule has 1 atom stereocenters. The van der Waals surface area contributed by atoms with Gasteiger partial charge in [0.15, 0.2) is 5.25 Å². The van der Waals surface area contributed by atoms with Crippen LogP contribution >= 0.6 is 0 Å². The van der Waals surface area contributed by atoms with Crippen molar-refractivity contribution >= 4 is 18.0 Å². The maximum absolute atomic E-state index is 12.1. The lowest BCUT2D eigenvalue weighted by atomic mass is 10.1. The minimum Gasteiger partial charge on any atom is -0.489 e. The summed E-state index contributed by atoms with van der Waals surface area (Å²) < 4.78 is 16.8. The van der Waals surface area contributed by atoms with E-state index in [0.29, 0.717) is 19.6 Å². The molecule has 5 nitrogen and oxygen atoms in total. The molecule has 0 N–H and O–H groups in total. The van der Waals surface area contributed by atoms with Crippen molar-refractivity contribution in [2.45, 2.75) is 51.6 Å². The van der Waals surface area contributed by atoms with Gasteiger partial charge in [-0.15, -0.1) is 0 Å². The van der Waals surface area contributed by atoms with E-state index in [9.17, 15) is 4.79 Å². The maximum Gasteiger partial charge on any atom is 0.307 e. The van der Waals surface area contributed by atoms with Crippen LogP contribution in [0.3, 0.4) is 0 Å². The SMILES string of the molecule is CCN(CCC(=O)OC(C)(C)C)CC([SH+]OC)c1ccc(OCc2ccccc2)cc1. The monoisotopic (exact) mass is 446 g/mol. The minimum absolute atomic E-state index is 0.160. The molecule has 0 aliphatic carbocycles. The fraction of sp³-hybridized carbons (Fsp3) is 0.480. The number of carbonyl (C=O) groups excluding carboxylic acids is 1. The molecule has 0 heterocycles. The number of nitrogens with zero attached hydrogens (tertiary/aromatic N) is 1. The van der Waals surface area contributed by atoms with Crippen LogP contribution in [0, 0.1) is 0 Å². The van der Waals surface area contributed by atoms with Crippen LogP contribution in [-0.2, 0) is 32.4 Å². The molecule has 2 rings (SSSR count). The second-order valence-corrected chi connectivity index (χ2v) is 9.58. The standard InChI is InChI=1S/C25H35NO4S/c1-6-26(17-16-24(27)30-25(2,3)4)18-23(31-28-5)21-12-14-22(15-13-21)29-19-20-10-8-7-9-11-20/h7-15,23H,6,16-19H2,1-5H3/p+1. The van der Waals surface area contributed by atoms with Crippen LogP contribution in [0.4, 0.5) is 0 Å². The highest BCUT2D eigenvalue weighted by Gasteiger charge is 2.24. The van der Waals surface area contributed by atoms with E-state index in [4.69, 9.17) is 13.7 Å². The number of carbonyl (C=O) groups is 1. The van der Waals surface area contributed by atoms with Gasteiger partial charge in [-0.05, 0) is 45.0 Å². The number of likely N-dealkylation sites (N-methyl/N-ethyl adjacent to an activating group) is 1. The number of hydrogen-bond acceptors (Lipinski definition) is 5. The summed E-state index contributed by atoms with van der Waals surface area (Å²) >= 11 is 0.890. The molecule has 0 amide bonds. The fourth-order valence-corrected chi connectivity index (χ4v) is 3.96. The van der Waals surface area contributed by atoms with Crippen molar-refractivity contribution in [1.82, 2.24) is 4.90 Å². The van der Waals surface area contributed by atoms with Crippen LogP contribution in [-0.4, -0.2) is 43.2 Å². The van der Waals surface area contributed by atoms with Crippen LogP contribution in [0.15, 0.2) is 54.6 Å². The van der Waals surface area contributed by atoms with E-state index in [2.05, 4.69) is 36.1 Å². The van der Waals surface area contributed by atoms with Gasteiger partial charge in [-0.1, -0.05) is 49.4 Å². The highest BCUT2D eigenvalue weighted by molar-refractivity contribution is 7.73. The summed E-state index contributed by atoms with van der Waals surface area (Å²) in [6.45, 7) is 10.7. The minimum atomic E-state index is -0.449. The van der Waals surface area contributed by atoms with E-state index < -0.39 is 5.60 Å². The Labute approximate surface area is 191 Å². The average Bonchev–Trinajstić information content (AvgIpc) is 2.74. The Hall–Kier alpha value is -2.02. The lowest BCUT2D eigenvalue weighted by Gasteiger charge is -2.24. The summed E-state index contributed by atoms with van der Waals surface area (Å²) in [6, 6.07) is 18.3. The zero-order valence-corrected chi connectivity index (χ0v) is 20.2. The first-order valence-corrected chi connectivity index (χ1v) is 11.6. The van der Waals surface area contributed by atoms with Crippen LogP contribution in [0.25, 0.3) is 0 Å². The second-order valence-electron chi connectivity index (χ2n) is 8.38. The number of ether oxygens (including phenoxy) is 2. The third-order valence-corrected chi connectivity index (χ3v) is 5.60. The molecule has 31 heavy (non-hydrogen) atoms. The smallest absolute Gasteiger partial charge is 0.307 e. The quantitative estimate of drug-likeness (QED) is 0.268.